The number of benzene rings is 2. The van der Waals surface area contributed by atoms with E-state index < -0.39 is 30.5 Å². The first kappa shape index (κ1) is 29.4. The second-order valence-electron chi connectivity index (χ2n) is 11.0. The number of aromatic amines is 1. The molecule has 7 rings (SSSR count). The van der Waals surface area contributed by atoms with Crippen LogP contribution in [-0.4, -0.2) is 77.1 Å². The summed E-state index contributed by atoms with van der Waals surface area (Å²) in [5.41, 5.74) is 2.44. The van der Waals surface area contributed by atoms with Crippen LogP contribution < -0.4 is 4.74 Å². The van der Waals surface area contributed by atoms with Gasteiger partial charge in [-0.2, -0.15) is 18.2 Å². The lowest BCUT2D eigenvalue weighted by molar-refractivity contribution is -0.148. The van der Waals surface area contributed by atoms with E-state index in [-0.39, 0.29) is 17.6 Å². The summed E-state index contributed by atoms with van der Waals surface area (Å²) in [4.78, 5) is 38.2. The van der Waals surface area contributed by atoms with Crippen LogP contribution in [0, 0.1) is 6.92 Å². The van der Waals surface area contributed by atoms with Crippen LogP contribution in [0.3, 0.4) is 0 Å². The summed E-state index contributed by atoms with van der Waals surface area (Å²) < 4.78 is 53.8. The van der Waals surface area contributed by atoms with Gasteiger partial charge in [0, 0.05) is 31.9 Å². The van der Waals surface area contributed by atoms with Crippen molar-refractivity contribution >= 4 is 27.8 Å². The highest BCUT2D eigenvalue weighted by Gasteiger charge is 2.40. The van der Waals surface area contributed by atoms with Crippen molar-refractivity contribution in [3.8, 4) is 17.1 Å². The van der Waals surface area contributed by atoms with Crippen molar-refractivity contribution in [3.05, 3.63) is 84.2 Å². The maximum atomic E-state index is 14.0. The number of nitrogens with zero attached hydrogens (tertiary/aromatic N) is 8. The second-order valence-corrected chi connectivity index (χ2v) is 11.0. The number of fused-ring (bicyclic) bond motifs is 2. The Morgan fingerprint density at radius 1 is 1.07 bits per heavy atom. The Morgan fingerprint density at radius 2 is 1.85 bits per heavy atom. The monoisotopic (exact) mass is 631 g/mol. The molecule has 1 aliphatic rings. The van der Waals surface area contributed by atoms with E-state index >= 15 is 0 Å². The van der Waals surface area contributed by atoms with Crippen LogP contribution in [0.1, 0.15) is 29.4 Å². The van der Waals surface area contributed by atoms with Gasteiger partial charge in [0.2, 0.25) is 23.5 Å². The zero-order valence-electron chi connectivity index (χ0n) is 24.8. The lowest BCUT2D eigenvalue weighted by Gasteiger charge is -2.40. The number of carbonyl (C=O) groups is 1. The molecule has 6 aromatic rings. The minimum atomic E-state index is -4.75. The van der Waals surface area contributed by atoms with E-state index in [1.165, 1.54) is 19.2 Å². The number of methoxy groups -OCH3 is 1. The first-order chi connectivity index (χ1) is 22.2. The van der Waals surface area contributed by atoms with Crippen LogP contribution in [0.4, 0.5) is 13.2 Å². The Morgan fingerprint density at radius 3 is 2.61 bits per heavy atom. The van der Waals surface area contributed by atoms with E-state index in [2.05, 4.69) is 30.1 Å². The molecule has 1 atom stereocenters. The van der Waals surface area contributed by atoms with Gasteiger partial charge in [-0.25, -0.2) is 15.0 Å². The SMILES string of the molecule is COc1nc2ccccc2cc1-c1cnc([C@@H]2CN(Cc3noc(C)n3)CCN2C(=O)Cn2c(C(F)(F)F)nc3ccccc32)[nH]1. The smallest absolute Gasteiger partial charge is 0.449 e. The molecule has 1 saturated heterocycles. The van der Waals surface area contributed by atoms with Crippen molar-refractivity contribution in [2.24, 2.45) is 0 Å². The highest BCUT2D eigenvalue weighted by Crippen LogP contribution is 2.34. The summed E-state index contributed by atoms with van der Waals surface area (Å²) in [7, 11) is 1.53. The maximum Gasteiger partial charge on any atom is 0.449 e. The quantitative estimate of drug-likeness (QED) is 0.265. The average Bonchev–Trinajstić information content (AvgIpc) is 3.79. The number of para-hydroxylation sites is 3. The van der Waals surface area contributed by atoms with Crippen LogP contribution in [-0.2, 0) is 24.1 Å². The van der Waals surface area contributed by atoms with Crippen LogP contribution in [0.2, 0.25) is 0 Å². The Labute approximate surface area is 259 Å². The Kier molecular flexibility index (Phi) is 7.39. The Bertz CT molecular complexity index is 2050. The number of hydrogen-bond donors (Lipinski definition) is 1. The number of nitrogens with one attached hydrogen (secondary N) is 1. The van der Waals surface area contributed by atoms with Crippen LogP contribution in [0.15, 0.2) is 65.3 Å². The third-order valence-electron chi connectivity index (χ3n) is 8.00. The fourth-order valence-corrected chi connectivity index (χ4v) is 5.89. The zero-order valence-corrected chi connectivity index (χ0v) is 24.8. The summed E-state index contributed by atoms with van der Waals surface area (Å²) in [5.74, 6) is 0.146. The van der Waals surface area contributed by atoms with Gasteiger partial charge >= 0.3 is 6.18 Å². The van der Waals surface area contributed by atoms with E-state index in [1.807, 2.05) is 35.2 Å². The average molecular weight is 632 g/mol. The van der Waals surface area contributed by atoms with Gasteiger partial charge in [-0.15, -0.1) is 0 Å². The van der Waals surface area contributed by atoms with E-state index in [1.54, 1.807) is 30.2 Å². The number of amides is 1. The lowest BCUT2D eigenvalue weighted by atomic mass is 10.1. The van der Waals surface area contributed by atoms with Crippen LogP contribution in [0.25, 0.3) is 33.2 Å². The number of hydrogen-bond acceptors (Lipinski definition) is 9. The normalized spacial score (nSPS) is 16.0. The van der Waals surface area contributed by atoms with Crippen LogP contribution in [0.5, 0.6) is 5.88 Å². The van der Waals surface area contributed by atoms with Gasteiger partial charge in [0.15, 0.2) is 5.82 Å². The number of ether oxygens (including phenoxy) is 1. The molecule has 0 bridgehead atoms. The Balaban J connectivity index is 1.23. The topological polar surface area (TPSA) is 131 Å². The Hall–Kier alpha value is -5.31. The van der Waals surface area contributed by atoms with Crippen molar-refractivity contribution in [3.63, 3.8) is 0 Å². The predicted molar refractivity (Wildman–Crippen MR) is 159 cm³/mol. The molecule has 0 spiro atoms. The molecule has 0 radical (unpaired) electrons. The second kappa shape index (κ2) is 11.6. The van der Waals surface area contributed by atoms with Gasteiger partial charge in [-0.05, 0) is 24.3 Å². The molecule has 236 valence electrons. The molecule has 5 heterocycles. The minimum absolute atomic E-state index is 0.160. The number of aryl methyl sites for hydroxylation is 1. The molecule has 4 aromatic heterocycles. The van der Waals surface area contributed by atoms with E-state index in [0.717, 1.165) is 15.5 Å². The number of pyridine rings is 1. The first-order valence-electron chi connectivity index (χ1n) is 14.5. The lowest BCUT2D eigenvalue weighted by Crippen LogP contribution is -2.51. The van der Waals surface area contributed by atoms with E-state index in [4.69, 9.17) is 9.26 Å². The summed E-state index contributed by atoms with van der Waals surface area (Å²) >= 11 is 0. The minimum Gasteiger partial charge on any atom is -0.480 e. The highest BCUT2D eigenvalue weighted by molar-refractivity contribution is 5.85. The zero-order chi connectivity index (χ0) is 32.0. The molecule has 46 heavy (non-hydrogen) atoms. The number of rotatable bonds is 7. The van der Waals surface area contributed by atoms with Crippen molar-refractivity contribution in [2.75, 3.05) is 26.7 Å². The molecule has 0 aliphatic carbocycles. The van der Waals surface area contributed by atoms with Gasteiger partial charge in [0.05, 0.1) is 47.7 Å². The molecule has 1 amide bonds. The van der Waals surface area contributed by atoms with Crippen molar-refractivity contribution in [1.82, 2.24) is 44.4 Å². The number of imidazole rings is 2. The summed E-state index contributed by atoms with van der Waals surface area (Å²) in [6, 6.07) is 15.2. The van der Waals surface area contributed by atoms with Gasteiger partial charge in [-0.3, -0.25) is 9.69 Å². The van der Waals surface area contributed by atoms with Gasteiger partial charge < -0.3 is 23.7 Å². The predicted octanol–water partition coefficient (Wildman–Crippen LogP) is 4.78. The van der Waals surface area contributed by atoms with Crippen LogP contribution >= 0.6 is 0 Å². The molecular formula is C31H28F3N9O3. The van der Waals surface area contributed by atoms with Crippen molar-refractivity contribution in [1.29, 1.82) is 0 Å². The standard InChI is InChI=1S/C31H28F3N9O3/c1-18-36-26(40-46-18)16-41-11-12-42(27(44)17-43-24-10-6-5-9-22(24)39-30(43)31(32,33)34)25(15-41)28-35-14-23(37-28)20-13-19-7-3-4-8-21(19)38-29(20)45-2/h3-10,13-14,25H,11-12,15-17H2,1-2H3,(H,35,37)/t25-/m0/s1. The number of piperazine rings is 1. The summed E-state index contributed by atoms with van der Waals surface area (Å²) in [5, 5.41) is 4.89. The summed E-state index contributed by atoms with van der Waals surface area (Å²) in [6.07, 6.45) is -3.11. The largest absolute Gasteiger partial charge is 0.480 e. The van der Waals surface area contributed by atoms with E-state index in [9.17, 15) is 18.0 Å². The number of halogens is 3. The third kappa shape index (κ3) is 5.53. The molecule has 0 unspecified atom stereocenters. The number of alkyl halides is 3. The number of carbonyl (C=O) groups excluding carboxylic acids is 1. The molecule has 12 nitrogen and oxygen atoms in total. The summed E-state index contributed by atoms with van der Waals surface area (Å²) in [6.45, 7) is 2.48. The fraction of sp³-hybridized carbons (Fsp3) is 0.290. The third-order valence-corrected chi connectivity index (χ3v) is 8.00. The highest BCUT2D eigenvalue weighted by atomic mass is 19.4. The molecular weight excluding hydrogens is 603 g/mol. The van der Waals surface area contributed by atoms with Gasteiger partial charge in [0.1, 0.15) is 18.4 Å². The van der Waals surface area contributed by atoms with Gasteiger partial charge in [-0.1, -0.05) is 35.5 Å². The van der Waals surface area contributed by atoms with E-state index in [0.29, 0.717) is 54.3 Å². The first-order valence-corrected chi connectivity index (χ1v) is 14.5. The molecule has 0 saturated carbocycles. The molecule has 1 N–H and O–H groups in total. The molecule has 1 fully saturated rings. The molecule has 15 heteroatoms. The van der Waals surface area contributed by atoms with Crippen molar-refractivity contribution < 1.29 is 27.2 Å². The number of aromatic nitrogens is 7. The van der Waals surface area contributed by atoms with Crippen molar-refractivity contribution in [2.45, 2.75) is 32.2 Å². The maximum absolute atomic E-state index is 14.0. The molecule has 1 aliphatic heterocycles. The fourth-order valence-electron chi connectivity index (χ4n) is 5.89. The van der Waals surface area contributed by atoms with Gasteiger partial charge in [0.25, 0.3) is 0 Å². The molecule has 2 aromatic carbocycles. The number of H-pyrrole nitrogens is 1.